The summed E-state index contributed by atoms with van der Waals surface area (Å²) >= 11 is 0. The Morgan fingerprint density at radius 1 is 1.20 bits per heavy atom. The molecule has 1 heterocycles. The highest BCUT2D eigenvalue weighted by Gasteiger charge is 2.23. The van der Waals surface area contributed by atoms with Crippen LogP contribution in [-0.2, 0) is 0 Å². The molecule has 0 aliphatic carbocycles. The van der Waals surface area contributed by atoms with Gasteiger partial charge in [0, 0.05) is 18.7 Å². The number of hydrogen-bond acceptors (Lipinski definition) is 5. The molecule has 128 valence electrons. The van der Waals surface area contributed by atoms with Crippen molar-refractivity contribution in [3.8, 4) is 6.07 Å². The molecule has 0 unspecified atom stereocenters. The first-order chi connectivity index (χ1) is 12.2. The number of nitrogens with zero attached hydrogens (tertiary/aromatic N) is 3. The molecule has 1 saturated heterocycles. The Kier molecular flexibility index (Phi) is 5.26. The first-order valence-corrected chi connectivity index (χ1v) is 8.40. The van der Waals surface area contributed by atoms with Crippen LogP contribution in [0.1, 0.15) is 30.0 Å². The van der Waals surface area contributed by atoms with Crippen LogP contribution >= 0.6 is 0 Å². The van der Waals surface area contributed by atoms with E-state index >= 15 is 0 Å². The van der Waals surface area contributed by atoms with Crippen LogP contribution in [0.3, 0.4) is 0 Å². The summed E-state index contributed by atoms with van der Waals surface area (Å²) in [6.45, 7) is 2.77. The van der Waals surface area contributed by atoms with Crippen molar-refractivity contribution < 1.29 is 4.92 Å². The molecule has 3 rings (SSSR count). The molecule has 0 aromatic heterocycles. The summed E-state index contributed by atoms with van der Waals surface area (Å²) in [6.07, 6.45) is 2.40. The summed E-state index contributed by atoms with van der Waals surface area (Å²) < 4.78 is 0. The fourth-order valence-electron chi connectivity index (χ4n) is 3.29. The normalized spacial score (nSPS) is 15.5. The second-order valence-electron chi connectivity index (χ2n) is 6.15. The average Bonchev–Trinajstić information content (AvgIpc) is 3.17. The van der Waals surface area contributed by atoms with Gasteiger partial charge in [0.25, 0.3) is 5.69 Å². The summed E-state index contributed by atoms with van der Waals surface area (Å²) in [5, 5.41) is 23.5. The monoisotopic (exact) mass is 336 g/mol. The molecule has 1 N–H and O–H groups in total. The number of nitro groups is 1. The zero-order valence-corrected chi connectivity index (χ0v) is 13.9. The average molecular weight is 336 g/mol. The highest BCUT2D eigenvalue weighted by atomic mass is 16.6. The molecule has 1 aliphatic heterocycles. The lowest BCUT2D eigenvalue weighted by Gasteiger charge is -2.28. The summed E-state index contributed by atoms with van der Waals surface area (Å²) in [4.78, 5) is 12.8. The van der Waals surface area contributed by atoms with Crippen molar-refractivity contribution in [1.82, 2.24) is 4.90 Å². The summed E-state index contributed by atoms with van der Waals surface area (Å²) in [7, 11) is 0. The number of rotatable bonds is 6. The fourth-order valence-corrected chi connectivity index (χ4v) is 3.29. The van der Waals surface area contributed by atoms with Gasteiger partial charge in [-0.15, -0.1) is 0 Å². The summed E-state index contributed by atoms with van der Waals surface area (Å²) in [5.41, 5.74) is 2.09. The highest BCUT2D eigenvalue weighted by molar-refractivity contribution is 5.61. The van der Waals surface area contributed by atoms with E-state index < -0.39 is 4.92 Å². The Labute approximate surface area is 146 Å². The number of anilines is 1. The predicted octanol–water partition coefficient (Wildman–Crippen LogP) is 3.72. The SMILES string of the molecule is N#Cc1cc([N+](=O)[O-])ccc1NC[C@@H](c1ccccc1)N1CCCC1. The molecule has 6 heteroatoms. The van der Waals surface area contributed by atoms with Gasteiger partial charge in [0.15, 0.2) is 0 Å². The van der Waals surface area contributed by atoms with E-state index in [1.807, 2.05) is 24.3 Å². The van der Waals surface area contributed by atoms with Crippen molar-refractivity contribution in [2.45, 2.75) is 18.9 Å². The molecule has 0 amide bonds. The Morgan fingerprint density at radius 2 is 1.92 bits per heavy atom. The maximum Gasteiger partial charge on any atom is 0.270 e. The van der Waals surface area contributed by atoms with Crippen molar-refractivity contribution in [3.63, 3.8) is 0 Å². The van der Waals surface area contributed by atoms with Crippen LogP contribution in [0.25, 0.3) is 0 Å². The Morgan fingerprint density at radius 3 is 2.56 bits per heavy atom. The number of nitriles is 1. The second kappa shape index (κ2) is 7.77. The number of benzene rings is 2. The first-order valence-electron chi connectivity index (χ1n) is 8.40. The standard InChI is InChI=1S/C19H20N4O2/c20-13-16-12-17(23(24)25)8-9-18(16)21-14-19(22-10-4-5-11-22)15-6-2-1-3-7-15/h1-3,6-9,12,19,21H,4-5,10-11,14H2/t19-/m0/s1. The number of hydrogen-bond donors (Lipinski definition) is 1. The number of nitrogens with one attached hydrogen (secondary N) is 1. The zero-order valence-electron chi connectivity index (χ0n) is 13.9. The topological polar surface area (TPSA) is 82.2 Å². The molecule has 25 heavy (non-hydrogen) atoms. The molecule has 0 radical (unpaired) electrons. The zero-order chi connectivity index (χ0) is 17.6. The lowest BCUT2D eigenvalue weighted by Crippen LogP contribution is -2.31. The third-order valence-corrected chi connectivity index (χ3v) is 4.59. The third kappa shape index (κ3) is 3.95. The van der Waals surface area contributed by atoms with Gasteiger partial charge < -0.3 is 5.32 Å². The maximum atomic E-state index is 10.9. The first kappa shape index (κ1) is 16.9. The van der Waals surface area contributed by atoms with E-state index in [1.165, 1.54) is 30.5 Å². The van der Waals surface area contributed by atoms with E-state index in [4.69, 9.17) is 0 Å². The Bertz CT molecular complexity index is 780. The quantitative estimate of drug-likeness (QED) is 0.642. The number of non-ortho nitro benzene ring substituents is 1. The molecule has 2 aromatic carbocycles. The van der Waals surface area contributed by atoms with Gasteiger partial charge in [-0.05, 0) is 37.6 Å². The van der Waals surface area contributed by atoms with Crippen molar-refractivity contribution in [2.24, 2.45) is 0 Å². The van der Waals surface area contributed by atoms with Crippen molar-refractivity contribution in [3.05, 3.63) is 69.8 Å². The van der Waals surface area contributed by atoms with E-state index in [-0.39, 0.29) is 11.7 Å². The van der Waals surface area contributed by atoms with Gasteiger partial charge in [-0.25, -0.2) is 0 Å². The Balaban J connectivity index is 1.79. The van der Waals surface area contributed by atoms with Gasteiger partial charge in [0.1, 0.15) is 6.07 Å². The highest BCUT2D eigenvalue weighted by Crippen LogP contribution is 2.27. The van der Waals surface area contributed by atoms with Gasteiger partial charge in [0.05, 0.1) is 22.2 Å². The maximum absolute atomic E-state index is 10.9. The predicted molar refractivity (Wildman–Crippen MR) is 96.3 cm³/mol. The minimum absolute atomic E-state index is 0.0683. The number of likely N-dealkylation sites (tertiary alicyclic amines) is 1. The van der Waals surface area contributed by atoms with Crippen LogP contribution in [0.15, 0.2) is 48.5 Å². The smallest absolute Gasteiger partial charge is 0.270 e. The van der Waals surface area contributed by atoms with Crippen LogP contribution in [-0.4, -0.2) is 29.5 Å². The van der Waals surface area contributed by atoms with Gasteiger partial charge in [-0.1, -0.05) is 30.3 Å². The molecule has 2 aromatic rings. The largest absolute Gasteiger partial charge is 0.382 e. The lowest BCUT2D eigenvalue weighted by atomic mass is 10.0. The third-order valence-electron chi connectivity index (χ3n) is 4.59. The van der Waals surface area contributed by atoms with Crippen LogP contribution in [0.4, 0.5) is 11.4 Å². The molecule has 0 saturated carbocycles. The molecular formula is C19H20N4O2. The van der Waals surface area contributed by atoms with Crippen molar-refractivity contribution >= 4 is 11.4 Å². The van der Waals surface area contributed by atoms with Gasteiger partial charge in [0.2, 0.25) is 0 Å². The minimum atomic E-state index is -0.484. The van der Waals surface area contributed by atoms with Gasteiger partial charge in [-0.2, -0.15) is 5.26 Å². The molecular weight excluding hydrogens is 316 g/mol. The summed E-state index contributed by atoms with van der Waals surface area (Å²) in [5.74, 6) is 0. The second-order valence-corrected chi connectivity index (χ2v) is 6.15. The van der Waals surface area contributed by atoms with E-state index in [1.54, 1.807) is 6.07 Å². The molecule has 1 fully saturated rings. The Hall–Kier alpha value is -2.91. The fraction of sp³-hybridized carbons (Fsp3) is 0.316. The van der Waals surface area contributed by atoms with Crippen LogP contribution in [0.5, 0.6) is 0 Å². The molecule has 1 atom stereocenters. The lowest BCUT2D eigenvalue weighted by molar-refractivity contribution is -0.384. The molecule has 1 aliphatic rings. The van der Waals surface area contributed by atoms with Crippen LogP contribution in [0, 0.1) is 21.4 Å². The van der Waals surface area contributed by atoms with E-state index in [0.29, 0.717) is 17.8 Å². The van der Waals surface area contributed by atoms with Crippen molar-refractivity contribution in [2.75, 3.05) is 25.0 Å². The minimum Gasteiger partial charge on any atom is -0.382 e. The molecule has 0 bridgehead atoms. The van der Waals surface area contributed by atoms with Crippen LogP contribution < -0.4 is 5.32 Å². The van der Waals surface area contributed by atoms with Gasteiger partial charge >= 0.3 is 0 Å². The van der Waals surface area contributed by atoms with Crippen molar-refractivity contribution in [1.29, 1.82) is 5.26 Å². The number of nitro benzene ring substituents is 1. The molecule has 6 nitrogen and oxygen atoms in total. The summed E-state index contributed by atoms with van der Waals surface area (Å²) in [6, 6.07) is 16.9. The van der Waals surface area contributed by atoms with Gasteiger partial charge in [-0.3, -0.25) is 15.0 Å². The molecule has 0 spiro atoms. The van der Waals surface area contributed by atoms with E-state index in [9.17, 15) is 15.4 Å². The van der Waals surface area contributed by atoms with E-state index in [2.05, 4.69) is 22.3 Å². The van der Waals surface area contributed by atoms with Crippen LogP contribution in [0.2, 0.25) is 0 Å². The van der Waals surface area contributed by atoms with E-state index in [0.717, 1.165) is 13.1 Å².